The SMILES string of the molecule is Fc1cccc(Cl)c1-c1ccc(N[C@@H]2CC3CN(CC4CCOCC4)C[C@H]3C2)nn1. The molecule has 0 radical (unpaired) electrons. The molecule has 2 aliphatic heterocycles. The Bertz CT molecular complexity index is 840. The van der Waals surface area contributed by atoms with Crippen LogP contribution >= 0.6 is 11.6 Å². The standard InChI is InChI=1S/C23H28ClFN4O/c24-19-2-1-3-20(25)23(19)21-4-5-22(28-27-21)26-18-10-16-13-29(14-17(16)11-18)12-15-6-8-30-9-7-15/h1-5,15-18H,6-14H2,(H,26,28)/t16-,17?,18+/m1/s1. The Hall–Kier alpha value is -1.76. The fraction of sp³-hybridized carbons (Fsp3) is 0.565. The minimum Gasteiger partial charge on any atom is -0.381 e. The van der Waals surface area contributed by atoms with Gasteiger partial charge in [-0.2, -0.15) is 0 Å². The number of ether oxygens (including phenoxy) is 1. The van der Waals surface area contributed by atoms with Crippen molar-refractivity contribution in [3.8, 4) is 11.3 Å². The van der Waals surface area contributed by atoms with E-state index in [-0.39, 0.29) is 5.82 Å². The lowest BCUT2D eigenvalue weighted by Gasteiger charge is -2.27. The Kier molecular flexibility index (Phi) is 5.89. The molecule has 3 fully saturated rings. The van der Waals surface area contributed by atoms with E-state index in [9.17, 15) is 4.39 Å². The van der Waals surface area contributed by atoms with Crippen molar-refractivity contribution in [2.45, 2.75) is 31.7 Å². The number of hydrogen-bond acceptors (Lipinski definition) is 5. The van der Waals surface area contributed by atoms with Crippen LogP contribution in [0.25, 0.3) is 11.3 Å². The smallest absolute Gasteiger partial charge is 0.148 e. The third-order valence-corrected chi connectivity index (χ3v) is 7.23. The van der Waals surface area contributed by atoms with Gasteiger partial charge in [0.05, 0.1) is 16.3 Å². The van der Waals surface area contributed by atoms with E-state index in [0.29, 0.717) is 22.3 Å². The van der Waals surface area contributed by atoms with Gasteiger partial charge in [0.2, 0.25) is 0 Å². The van der Waals surface area contributed by atoms with Crippen LogP contribution in [0.4, 0.5) is 10.2 Å². The van der Waals surface area contributed by atoms with Crippen LogP contribution < -0.4 is 5.32 Å². The number of halogens is 2. The van der Waals surface area contributed by atoms with E-state index < -0.39 is 0 Å². The van der Waals surface area contributed by atoms with Crippen LogP contribution in [0.1, 0.15) is 25.7 Å². The lowest BCUT2D eigenvalue weighted by Crippen LogP contribution is -2.32. The molecule has 2 aromatic rings. The van der Waals surface area contributed by atoms with Crippen LogP contribution in [0.2, 0.25) is 5.02 Å². The Morgan fingerprint density at radius 3 is 2.50 bits per heavy atom. The van der Waals surface area contributed by atoms with E-state index in [1.807, 2.05) is 6.07 Å². The third-order valence-electron chi connectivity index (χ3n) is 6.92. The molecule has 2 saturated heterocycles. The number of likely N-dealkylation sites (tertiary alicyclic amines) is 1. The normalized spacial score (nSPS) is 27.3. The maximum atomic E-state index is 14.1. The van der Waals surface area contributed by atoms with Crippen molar-refractivity contribution in [1.82, 2.24) is 15.1 Å². The molecule has 3 aliphatic rings. The monoisotopic (exact) mass is 430 g/mol. The second-order valence-corrected chi connectivity index (χ2v) is 9.41. The largest absolute Gasteiger partial charge is 0.381 e. The number of aromatic nitrogens is 2. The zero-order valence-electron chi connectivity index (χ0n) is 17.1. The second-order valence-electron chi connectivity index (χ2n) is 9.01. The average molecular weight is 431 g/mol. The summed E-state index contributed by atoms with van der Waals surface area (Å²) in [6.45, 7) is 5.54. The highest BCUT2D eigenvalue weighted by Crippen LogP contribution is 2.40. The molecule has 0 spiro atoms. The van der Waals surface area contributed by atoms with Crippen LogP contribution in [-0.4, -0.2) is 54.0 Å². The zero-order chi connectivity index (χ0) is 20.5. The van der Waals surface area contributed by atoms with E-state index in [4.69, 9.17) is 16.3 Å². The first-order chi connectivity index (χ1) is 14.7. The van der Waals surface area contributed by atoms with E-state index in [2.05, 4.69) is 20.4 Å². The maximum absolute atomic E-state index is 14.1. The van der Waals surface area contributed by atoms with Gasteiger partial charge in [-0.3, -0.25) is 0 Å². The predicted molar refractivity (Wildman–Crippen MR) is 116 cm³/mol. The third kappa shape index (κ3) is 4.32. The number of rotatable bonds is 5. The Balaban J connectivity index is 1.15. The molecule has 1 aromatic heterocycles. The summed E-state index contributed by atoms with van der Waals surface area (Å²) in [5, 5.41) is 12.4. The van der Waals surface area contributed by atoms with Crippen molar-refractivity contribution < 1.29 is 9.13 Å². The maximum Gasteiger partial charge on any atom is 0.148 e. The molecule has 5 rings (SSSR count). The molecule has 1 aliphatic carbocycles. The molecule has 1 saturated carbocycles. The molecule has 3 heterocycles. The van der Waals surface area contributed by atoms with Crippen molar-refractivity contribution >= 4 is 17.4 Å². The summed E-state index contributed by atoms with van der Waals surface area (Å²) in [6, 6.07) is 8.73. The summed E-state index contributed by atoms with van der Waals surface area (Å²) in [4.78, 5) is 2.67. The summed E-state index contributed by atoms with van der Waals surface area (Å²) in [5.74, 6) is 2.71. The summed E-state index contributed by atoms with van der Waals surface area (Å²) < 4.78 is 19.6. The summed E-state index contributed by atoms with van der Waals surface area (Å²) in [7, 11) is 0. The first-order valence-corrected chi connectivity index (χ1v) is 11.4. The number of nitrogens with one attached hydrogen (secondary N) is 1. The highest BCUT2D eigenvalue weighted by molar-refractivity contribution is 6.33. The molecule has 5 nitrogen and oxygen atoms in total. The summed E-state index contributed by atoms with van der Waals surface area (Å²) in [6.07, 6.45) is 4.78. The summed E-state index contributed by atoms with van der Waals surface area (Å²) >= 11 is 6.14. The number of anilines is 1. The van der Waals surface area contributed by atoms with Crippen LogP contribution in [0.15, 0.2) is 30.3 Å². The molecular weight excluding hydrogens is 403 g/mol. The van der Waals surface area contributed by atoms with Crippen LogP contribution in [0.3, 0.4) is 0 Å². The van der Waals surface area contributed by atoms with Crippen molar-refractivity contribution in [3.05, 3.63) is 41.2 Å². The van der Waals surface area contributed by atoms with Gasteiger partial charge in [-0.1, -0.05) is 17.7 Å². The number of hydrogen-bond donors (Lipinski definition) is 1. The molecule has 1 aromatic carbocycles. The van der Waals surface area contributed by atoms with Gasteiger partial charge in [-0.15, -0.1) is 10.2 Å². The molecule has 7 heteroatoms. The number of fused-ring (bicyclic) bond motifs is 1. The van der Waals surface area contributed by atoms with Crippen molar-refractivity contribution in [2.75, 3.05) is 38.2 Å². The van der Waals surface area contributed by atoms with Gasteiger partial charge in [0.1, 0.15) is 11.6 Å². The van der Waals surface area contributed by atoms with Gasteiger partial charge in [0.25, 0.3) is 0 Å². The van der Waals surface area contributed by atoms with E-state index in [1.54, 1.807) is 18.2 Å². The van der Waals surface area contributed by atoms with Crippen molar-refractivity contribution in [3.63, 3.8) is 0 Å². The van der Waals surface area contributed by atoms with E-state index in [1.165, 1.54) is 51.4 Å². The van der Waals surface area contributed by atoms with Gasteiger partial charge < -0.3 is 15.0 Å². The van der Waals surface area contributed by atoms with Gasteiger partial charge in [0.15, 0.2) is 0 Å². The van der Waals surface area contributed by atoms with Gasteiger partial charge >= 0.3 is 0 Å². The Morgan fingerprint density at radius 1 is 1.07 bits per heavy atom. The Labute approximate surface area is 182 Å². The molecular formula is C23H28ClFN4O. The lowest BCUT2D eigenvalue weighted by atomic mass is 10.00. The average Bonchev–Trinajstić information content (AvgIpc) is 3.28. The quantitative estimate of drug-likeness (QED) is 0.757. The van der Waals surface area contributed by atoms with Gasteiger partial charge in [-0.05, 0) is 67.7 Å². The first-order valence-electron chi connectivity index (χ1n) is 11.0. The Morgan fingerprint density at radius 2 is 1.83 bits per heavy atom. The molecule has 0 amide bonds. The van der Waals surface area contributed by atoms with Gasteiger partial charge in [0, 0.05) is 38.9 Å². The molecule has 3 atom stereocenters. The minimum atomic E-state index is -0.383. The minimum absolute atomic E-state index is 0.304. The molecule has 30 heavy (non-hydrogen) atoms. The number of benzene rings is 1. The van der Waals surface area contributed by atoms with E-state index >= 15 is 0 Å². The van der Waals surface area contributed by atoms with Crippen LogP contribution in [0, 0.1) is 23.6 Å². The molecule has 1 unspecified atom stereocenters. The molecule has 1 N–H and O–H groups in total. The fourth-order valence-corrected chi connectivity index (χ4v) is 5.71. The topological polar surface area (TPSA) is 50.3 Å². The first kappa shape index (κ1) is 20.2. The van der Waals surface area contributed by atoms with Crippen molar-refractivity contribution in [2.24, 2.45) is 17.8 Å². The predicted octanol–water partition coefficient (Wildman–Crippen LogP) is 4.49. The van der Waals surface area contributed by atoms with E-state index in [0.717, 1.165) is 36.8 Å². The lowest BCUT2D eigenvalue weighted by molar-refractivity contribution is 0.0545. The van der Waals surface area contributed by atoms with Gasteiger partial charge in [-0.25, -0.2) is 4.39 Å². The van der Waals surface area contributed by atoms with Crippen LogP contribution in [0.5, 0.6) is 0 Å². The highest BCUT2D eigenvalue weighted by atomic mass is 35.5. The number of nitrogens with zero attached hydrogens (tertiary/aromatic N) is 3. The zero-order valence-corrected chi connectivity index (χ0v) is 17.8. The van der Waals surface area contributed by atoms with Crippen molar-refractivity contribution in [1.29, 1.82) is 0 Å². The van der Waals surface area contributed by atoms with Crippen LogP contribution in [-0.2, 0) is 4.74 Å². The second kappa shape index (κ2) is 8.77. The fourth-order valence-electron chi connectivity index (χ4n) is 5.45. The molecule has 0 bridgehead atoms. The highest BCUT2D eigenvalue weighted by Gasteiger charge is 2.41. The molecule has 160 valence electrons. The summed E-state index contributed by atoms with van der Waals surface area (Å²) in [5.41, 5.74) is 0.758.